The molecule has 1 amide bonds. The molecule has 0 unspecified atom stereocenters. The molecule has 1 fully saturated rings. The summed E-state index contributed by atoms with van der Waals surface area (Å²) in [5.74, 6) is 0.0655. The van der Waals surface area contributed by atoms with Gasteiger partial charge in [0.2, 0.25) is 5.91 Å². The largest absolute Gasteiger partial charge is 0.351 e. The first-order valence-corrected chi connectivity index (χ1v) is 12.0. The number of rotatable bonds is 4. The van der Waals surface area contributed by atoms with Gasteiger partial charge in [-0.15, -0.1) is 10.2 Å². The number of piperazine rings is 1. The van der Waals surface area contributed by atoms with Crippen LogP contribution in [0.2, 0.25) is 0 Å². The van der Waals surface area contributed by atoms with E-state index in [0.29, 0.717) is 25.2 Å². The predicted molar refractivity (Wildman–Crippen MR) is 138 cm³/mol. The lowest BCUT2D eigenvalue weighted by molar-refractivity contribution is -0.132. The van der Waals surface area contributed by atoms with Gasteiger partial charge in [-0.05, 0) is 36.8 Å². The number of carbonyl (C=O) groups is 1. The molecule has 2 heterocycles. The Hall–Kier alpha value is -4.82. The first-order valence-electron chi connectivity index (χ1n) is 12.0. The van der Waals surface area contributed by atoms with Crippen molar-refractivity contribution in [2.75, 3.05) is 24.5 Å². The summed E-state index contributed by atoms with van der Waals surface area (Å²) in [6.45, 7) is 3.59. The van der Waals surface area contributed by atoms with E-state index in [-0.39, 0.29) is 29.5 Å². The molecule has 1 saturated heterocycles. The van der Waals surface area contributed by atoms with Crippen LogP contribution < -0.4 is 4.90 Å². The van der Waals surface area contributed by atoms with Gasteiger partial charge in [0, 0.05) is 42.0 Å². The fraction of sp³-hybridized carbons (Fsp3) is 0.207. The van der Waals surface area contributed by atoms with Crippen molar-refractivity contribution >= 4 is 22.5 Å². The Morgan fingerprint density at radius 2 is 1.68 bits per heavy atom. The monoisotopic (exact) mass is 490 g/mol. The van der Waals surface area contributed by atoms with Crippen LogP contribution in [0.5, 0.6) is 0 Å². The average molecular weight is 491 g/mol. The second kappa shape index (κ2) is 10.0. The van der Waals surface area contributed by atoms with Crippen molar-refractivity contribution in [2.24, 2.45) is 0 Å². The van der Waals surface area contributed by atoms with Crippen molar-refractivity contribution in [1.29, 1.82) is 10.5 Å². The first kappa shape index (κ1) is 23.9. The lowest BCUT2D eigenvalue weighted by Gasteiger charge is -2.40. The Balaban J connectivity index is 1.36. The smallest absolute Gasteiger partial charge is 0.227 e. The average Bonchev–Trinajstić information content (AvgIpc) is 2.93. The topological polar surface area (TPSA) is 96.9 Å². The summed E-state index contributed by atoms with van der Waals surface area (Å²) >= 11 is 0. The van der Waals surface area contributed by atoms with Crippen molar-refractivity contribution in [3.63, 3.8) is 0 Å². The van der Waals surface area contributed by atoms with Gasteiger partial charge in [-0.1, -0.05) is 42.5 Å². The predicted octanol–water partition coefficient (Wildman–Crippen LogP) is 4.46. The van der Waals surface area contributed by atoms with E-state index < -0.39 is 5.82 Å². The highest BCUT2D eigenvalue weighted by molar-refractivity contribution is 6.00. The minimum Gasteiger partial charge on any atom is -0.351 e. The second-order valence-corrected chi connectivity index (χ2v) is 9.08. The lowest BCUT2D eigenvalue weighted by Crippen LogP contribution is -2.54. The molecule has 0 saturated carbocycles. The number of halogens is 1. The van der Waals surface area contributed by atoms with E-state index in [1.54, 1.807) is 17.0 Å². The Bertz CT molecular complexity index is 1570. The van der Waals surface area contributed by atoms with Crippen molar-refractivity contribution < 1.29 is 9.18 Å². The highest BCUT2D eigenvalue weighted by Crippen LogP contribution is 2.32. The molecule has 4 aromatic rings. The fourth-order valence-corrected chi connectivity index (χ4v) is 4.78. The number of amides is 1. The summed E-state index contributed by atoms with van der Waals surface area (Å²) in [5.41, 5.74) is 2.73. The zero-order chi connectivity index (χ0) is 25.9. The summed E-state index contributed by atoms with van der Waals surface area (Å²) in [6, 6.07) is 23.3. The van der Waals surface area contributed by atoms with Crippen molar-refractivity contribution in [2.45, 2.75) is 19.4 Å². The molecule has 1 aromatic heterocycles. The van der Waals surface area contributed by atoms with E-state index >= 15 is 0 Å². The van der Waals surface area contributed by atoms with Gasteiger partial charge < -0.3 is 9.80 Å². The molecule has 3 aromatic carbocycles. The summed E-state index contributed by atoms with van der Waals surface area (Å²) < 4.78 is 14.3. The summed E-state index contributed by atoms with van der Waals surface area (Å²) in [5, 5.41) is 29.1. The maximum atomic E-state index is 14.3. The van der Waals surface area contributed by atoms with Crippen LogP contribution in [0, 0.1) is 28.5 Å². The SMILES string of the molecule is C[C@H]1CN(c2nnc(-c3ccc(C#N)cc3)c3ccccc23)CCN1C(=O)Cc1ccc(C#N)cc1F. The quantitative estimate of drug-likeness (QED) is 0.419. The molecule has 1 atom stereocenters. The van der Waals surface area contributed by atoms with Crippen molar-refractivity contribution in [3.05, 3.63) is 89.2 Å². The molecule has 0 bridgehead atoms. The van der Waals surface area contributed by atoms with Crippen molar-refractivity contribution in [3.8, 4) is 23.4 Å². The summed E-state index contributed by atoms with van der Waals surface area (Å²) in [4.78, 5) is 16.9. The van der Waals surface area contributed by atoms with Crippen LogP contribution in [0.15, 0.2) is 66.7 Å². The van der Waals surface area contributed by atoms with Gasteiger partial charge in [-0.3, -0.25) is 4.79 Å². The van der Waals surface area contributed by atoms with Gasteiger partial charge in [0.1, 0.15) is 11.5 Å². The second-order valence-electron chi connectivity index (χ2n) is 9.08. The number of hydrogen-bond acceptors (Lipinski definition) is 6. The third kappa shape index (κ3) is 4.70. The zero-order valence-electron chi connectivity index (χ0n) is 20.2. The summed E-state index contributed by atoms with van der Waals surface area (Å²) in [7, 11) is 0. The van der Waals surface area contributed by atoms with E-state index in [2.05, 4.69) is 21.2 Å². The van der Waals surface area contributed by atoms with Crippen LogP contribution in [0.25, 0.3) is 22.0 Å². The number of carbonyl (C=O) groups excluding carboxylic acids is 1. The minimum atomic E-state index is -0.539. The summed E-state index contributed by atoms with van der Waals surface area (Å²) in [6.07, 6.45) is -0.0517. The molecule has 8 heteroatoms. The molecule has 5 rings (SSSR count). The van der Waals surface area contributed by atoms with Crippen molar-refractivity contribution in [1.82, 2.24) is 15.1 Å². The van der Waals surface area contributed by atoms with Gasteiger partial charge in [-0.2, -0.15) is 10.5 Å². The van der Waals surface area contributed by atoms with Crippen LogP contribution in [0.4, 0.5) is 10.2 Å². The molecule has 0 aliphatic carbocycles. The molecular formula is C29H23FN6O. The molecule has 7 nitrogen and oxygen atoms in total. The van der Waals surface area contributed by atoms with Crippen LogP contribution in [0.3, 0.4) is 0 Å². The van der Waals surface area contributed by atoms with Gasteiger partial charge in [0.15, 0.2) is 5.82 Å². The molecule has 0 spiro atoms. The molecule has 0 N–H and O–H groups in total. The Morgan fingerprint density at radius 3 is 2.35 bits per heavy atom. The standard InChI is InChI=1S/C29H23FN6O/c1-19-18-35(12-13-36(19)27(37)15-23-11-8-21(17-32)14-26(23)30)29-25-5-3-2-4-24(25)28(33-34-29)22-9-6-20(16-31)7-10-22/h2-11,14,19H,12-13,15,18H2,1H3/t19-/m0/s1. The van der Waals surface area contributed by atoms with Crippen LogP contribution in [-0.2, 0) is 11.2 Å². The first-order chi connectivity index (χ1) is 18.0. The van der Waals surface area contributed by atoms with Gasteiger partial charge in [0.25, 0.3) is 0 Å². The van der Waals surface area contributed by atoms with E-state index in [4.69, 9.17) is 10.5 Å². The Labute approximate surface area is 214 Å². The van der Waals surface area contributed by atoms with Crippen LogP contribution in [0.1, 0.15) is 23.6 Å². The number of fused-ring (bicyclic) bond motifs is 1. The molecule has 1 aliphatic heterocycles. The third-order valence-electron chi connectivity index (χ3n) is 6.73. The number of aromatic nitrogens is 2. The maximum Gasteiger partial charge on any atom is 0.227 e. The number of hydrogen-bond donors (Lipinski definition) is 0. The minimum absolute atomic E-state index is 0.0517. The van der Waals surface area contributed by atoms with E-state index in [9.17, 15) is 9.18 Å². The highest BCUT2D eigenvalue weighted by atomic mass is 19.1. The van der Waals surface area contributed by atoms with E-state index in [1.807, 2.05) is 49.4 Å². The zero-order valence-corrected chi connectivity index (χ0v) is 20.2. The van der Waals surface area contributed by atoms with E-state index in [0.717, 1.165) is 33.9 Å². The molecule has 0 radical (unpaired) electrons. The van der Waals surface area contributed by atoms with Crippen LogP contribution in [-0.4, -0.2) is 46.7 Å². The fourth-order valence-electron chi connectivity index (χ4n) is 4.78. The molecular weight excluding hydrogens is 467 g/mol. The highest BCUT2D eigenvalue weighted by Gasteiger charge is 2.29. The van der Waals surface area contributed by atoms with Gasteiger partial charge in [0.05, 0.1) is 29.7 Å². The number of benzene rings is 3. The molecule has 37 heavy (non-hydrogen) atoms. The van der Waals surface area contributed by atoms with E-state index in [1.165, 1.54) is 12.1 Å². The number of nitrogens with zero attached hydrogens (tertiary/aromatic N) is 6. The van der Waals surface area contributed by atoms with Gasteiger partial charge >= 0.3 is 0 Å². The van der Waals surface area contributed by atoms with Gasteiger partial charge in [-0.25, -0.2) is 4.39 Å². The Morgan fingerprint density at radius 1 is 0.973 bits per heavy atom. The lowest BCUT2D eigenvalue weighted by atomic mass is 10.0. The number of anilines is 1. The maximum absolute atomic E-state index is 14.3. The Kier molecular flexibility index (Phi) is 6.49. The normalized spacial score (nSPS) is 15.3. The molecule has 1 aliphatic rings. The molecule has 182 valence electrons. The number of nitriles is 2. The third-order valence-corrected chi connectivity index (χ3v) is 6.73. The van der Waals surface area contributed by atoms with Crippen LogP contribution >= 0.6 is 0 Å².